The molecule has 1 aliphatic rings. The van der Waals surface area contributed by atoms with E-state index in [2.05, 4.69) is 42.5 Å². The molecule has 5 rings (SSSR count). The van der Waals surface area contributed by atoms with E-state index in [-0.39, 0.29) is 35.9 Å². The Hall–Kier alpha value is -2.21. The maximum absolute atomic E-state index is 12.7. The summed E-state index contributed by atoms with van der Waals surface area (Å²) in [6.07, 6.45) is -7.92. The summed E-state index contributed by atoms with van der Waals surface area (Å²) >= 11 is 0.729. The molecule has 4 aromatic carbocycles. The van der Waals surface area contributed by atoms with E-state index in [1.54, 1.807) is 0 Å². The zero-order chi connectivity index (χ0) is 25.2. The monoisotopic (exact) mass is 627 g/mol. The van der Waals surface area contributed by atoms with Crippen molar-refractivity contribution < 1.29 is 75.4 Å². The molecule has 0 saturated carbocycles. The minimum Gasteiger partial charge on any atom is -1.00 e. The molecule has 0 nitrogen and oxygen atoms in total. The summed E-state index contributed by atoms with van der Waals surface area (Å²) in [7, 11) is 0. The van der Waals surface area contributed by atoms with Crippen LogP contribution in [0.1, 0.15) is 33.4 Å². The number of rotatable bonds is 2. The second kappa shape index (κ2) is 12.6. The standard InChI is InChI=1S/C15H8F6.C13H9.2ClH.Zr/c16-14(17,18)12-5-1-3-10(8-12)7-11-4-2-6-13(9-11)15(19,20)21;1-3-7-12-10(5-1)9-11-6-2-4-8-13(11)12;;;/h1-6,8-9H;1-5,7-8H,9H2;2*1H;/q;-1;;;+2/p-2. The fourth-order valence-electron chi connectivity index (χ4n) is 3.87. The number of fused-ring (bicyclic) bond motifs is 3. The van der Waals surface area contributed by atoms with E-state index in [4.69, 9.17) is 0 Å². The Morgan fingerprint density at radius 3 is 1.70 bits per heavy atom. The van der Waals surface area contributed by atoms with Crippen LogP contribution < -0.4 is 24.8 Å². The number of hydrogen-bond donors (Lipinski definition) is 0. The summed E-state index contributed by atoms with van der Waals surface area (Å²) in [5.74, 6) is 0. The molecule has 0 unspecified atom stereocenters. The Morgan fingerprint density at radius 1 is 0.649 bits per heavy atom. The van der Waals surface area contributed by atoms with Gasteiger partial charge >= 0.3 is 137 Å². The predicted octanol–water partition coefficient (Wildman–Crippen LogP) is 1.91. The Morgan fingerprint density at radius 2 is 1.16 bits per heavy atom. The summed E-state index contributed by atoms with van der Waals surface area (Å²) in [6.45, 7) is 0. The van der Waals surface area contributed by atoms with Crippen LogP contribution in [-0.4, -0.2) is 3.21 Å². The molecule has 37 heavy (non-hydrogen) atoms. The van der Waals surface area contributed by atoms with Gasteiger partial charge in [-0.3, -0.25) is 0 Å². The average Bonchev–Trinajstić information content (AvgIpc) is 3.22. The van der Waals surface area contributed by atoms with E-state index in [0.717, 1.165) is 54.9 Å². The zero-order valence-electron chi connectivity index (χ0n) is 18.9. The average molecular weight is 630 g/mol. The van der Waals surface area contributed by atoms with Crippen molar-refractivity contribution in [1.29, 1.82) is 0 Å². The number of benzene rings is 4. The SMILES string of the molecule is FC(F)(F)c1cccc([C](=[Zr+2])c2cccc(C(F)(F)F)c2)c1.[Cl-].[Cl-].[c-]1cccc2c1Cc1ccccc1-2. The van der Waals surface area contributed by atoms with Gasteiger partial charge in [0.05, 0.1) is 0 Å². The van der Waals surface area contributed by atoms with Crippen molar-refractivity contribution in [3.8, 4) is 11.1 Å². The number of hydrogen-bond acceptors (Lipinski definition) is 0. The Balaban J connectivity index is 0.000000273. The maximum Gasteiger partial charge on any atom is -0.0253 e. The van der Waals surface area contributed by atoms with Crippen molar-refractivity contribution in [3.63, 3.8) is 0 Å². The second-order valence-electron chi connectivity index (χ2n) is 7.93. The predicted molar refractivity (Wildman–Crippen MR) is 120 cm³/mol. The molecule has 0 spiro atoms. The van der Waals surface area contributed by atoms with Gasteiger partial charge in [0.25, 0.3) is 0 Å². The van der Waals surface area contributed by atoms with Crippen molar-refractivity contribution in [1.82, 2.24) is 0 Å². The summed E-state index contributed by atoms with van der Waals surface area (Å²) in [4.78, 5) is 0. The smallest absolute Gasteiger partial charge is 0.0253 e. The molecule has 9 heteroatoms. The zero-order valence-corrected chi connectivity index (χ0v) is 22.9. The Bertz CT molecular complexity index is 1280. The van der Waals surface area contributed by atoms with Crippen LogP contribution in [0, 0.1) is 6.07 Å². The second-order valence-corrected chi connectivity index (χ2v) is 9.16. The molecule has 0 heterocycles. The molecule has 0 saturated heterocycles. The van der Waals surface area contributed by atoms with Gasteiger partial charge < -0.3 is 24.8 Å². The molecule has 0 aromatic heterocycles. The van der Waals surface area contributed by atoms with E-state index in [1.165, 1.54) is 46.5 Å². The topological polar surface area (TPSA) is 0 Å². The summed E-state index contributed by atoms with van der Waals surface area (Å²) in [6, 6.07) is 27.3. The van der Waals surface area contributed by atoms with Gasteiger partial charge in [0, 0.05) is 0 Å². The first-order valence-electron chi connectivity index (χ1n) is 10.6. The fraction of sp³-hybridized carbons (Fsp3) is 0.107. The largest absolute Gasteiger partial charge is 1.00 e. The molecule has 0 fully saturated rings. The molecule has 0 N–H and O–H groups in total. The normalized spacial score (nSPS) is 11.7. The minimum atomic E-state index is -4.49. The van der Waals surface area contributed by atoms with Gasteiger partial charge in [0.1, 0.15) is 0 Å². The molecular weight excluding hydrogens is 612 g/mol. The molecule has 0 amide bonds. The molecule has 190 valence electrons. The van der Waals surface area contributed by atoms with E-state index >= 15 is 0 Å². The van der Waals surface area contributed by atoms with Crippen LogP contribution in [0.25, 0.3) is 11.1 Å². The van der Waals surface area contributed by atoms with E-state index < -0.39 is 23.5 Å². The Kier molecular flexibility index (Phi) is 10.5. The van der Waals surface area contributed by atoms with Crippen LogP contribution in [0.3, 0.4) is 0 Å². The van der Waals surface area contributed by atoms with Gasteiger partial charge in [0.15, 0.2) is 0 Å². The van der Waals surface area contributed by atoms with Crippen molar-refractivity contribution >= 4 is 3.21 Å². The van der Waals surface area contributed by atoms with Gasteiger partial charge in [-0.1, -0.05) is 35.4 Å². The number of halogens is 8. The first-order valence-corrected chi connectivity index (χ1v) is 11.8. The molecule has 0 bridgehead atoms. The van der Waals surface area contributed by atoms with Crippen molar-refractivity contribution in [2.75, 3.05) is 0 Å². The van der Waals surface area contributed by atoms with Crippen LogP contribution >= 0.6 is 0 Å². The van der Waals surface area contributed by atoms with Gasteiger partial charge in [0.2, 0.25) is 0 Å². The van der Waals surface area contributed by atoms with Crippen molar-refractivity contribution in [3.05, 3.63) is 130 Å². The quantitative estimate of drug-likeness (QED) is 0.207. The van der Waals surface area contributed by atoms with Crippen molar-refractivity contribution in [2.24, 2.45) is 0 Å². The minimum absolute atomic E-state index is 0. The summed E-state index contributed by atoms with van der Waals surface area (Å²) in [5.41, 5.74) is 4.41. The first kappa shape index (κ1) is 31.0. The maximum atomic E-state index is 12.7. The third kappa shape index (κ3) is 7.43. The summed E-state index contributed by atoms with van der Waals surface area (Å²) in [5, 5.41) is 0. The van der Waals surface area contributed by atoms with Crippen LogP contribution in [0.4, 0.5) is 26.3 Å². The molecule has 0 atom stereocenters. The molecule has 4 aromatic rings. The van der Waals surface area contributed by atoms with Crippen LogP contribution in [-0.2, 0) is 43.0 Å². The molecule has 0 radical (unpaired) electrons. The molecule has 1 aliphatic carbocycles. The third-order valence-corrected chi connectivity index (χ3v) is 6.99. The molecular formula is C28H17Cl2F6Zr-. The van der Waals surface area contributed by atoms with Gasteiger partial charge in [-0.15, -0.1) is 5.56 Å². The van der Waals surface area contributed by atoms with E-state index in [1.807, 2.05) is 6.07 Å². The number of alkyl halides is 6. The fourth-order valence-corrected chi connectivity index (χ4v) is 4.63. The van der Waals surface area contributed by atoms with Crippen LogP contribution in [0.15, 0.2) is 91.0 Å². The van der Waals surface area contributed by atoms with E-state index in [9.17, 15) is 26.3 Å². The molecule has 0 aliphatic heterocycles. The van der Waals surface area contributed by atoms with Gasteiger partial charge in [-0.2, -0.15) is 29.8 Å². The van der Waals surface area contributed by atoms with Crippen LogP contribution in [0.5, 0.6) is 0 Å². The summed E-state index contributed by atoms with van der Waals surface area (Å²) < 4.78 is 76.7. The Labute approximate surface area is 237 Å². The van der Waals surface area contributed by atoms with Crippen LogP contribution in [0.2, 0.25) is 0 Å². The van der Waals surface area contributed by atoms with E-state index in [0.29, 0.717) is 3.21 Å². The van der Waals surface area contributed by atoms with Crippen molar-refractivity contribution in [2.45, 2.75) is 18.8 Å². The first-order chi connectivity index (χ1) is 16.5. The third-order valence-electron chi connectivity index (χ3n) is 5.57. The van der Waals surface area contributed by atoms with Gasteiger partial charge in [-0.25, -0.2) is 0 Å². The van der Waals surface area contributed by atoms with Gasteiger partial charge in [-0.05, 0) is 6.42 Å².